The van der Waals surface area contributed by atoms with E-state index in [2.05, 4.69) is 23.8 Å². The largest absolute Gasteiger partial charge is 0.334 e. The molecule has 0 spiro atoms. The van der Waals surface area contributed by atoms with Crippen molar-refractivity contribution in [3.8, 4) is 0 Å². The van der Waals surface area contributed by atoms with Crippen molar-refractivity contribution < 1.29 is 13.2 Å². The lowest BCUT2D eigenvalue weighted by atomic mass is 9.99. The second-order valence-corrected chi connectivity index (χ2v) is 8.64. The van der Waals surface area contributed by atoms with Gasteiger partial charge < -0.3 is 4.90 Å². The molecule has 5 nitrogen and oxygen atoms in total. The van der Waals surface area contributed by atoms with Crippen LogP contribution in [0.15, 0.2) is 53.4 Å². The average Bonchev–Trinajstić information content (AvgIpc) is 2.70. The first-order chi connectivity index (χ1) is 13.0. The number of fused-ring (bicyclic) bond motifs is 1. The maximum absolute atomic E-state index is 12.8. The van der Waals surface area contributed by atoms with Crippen LogP contribution in [0.3, 0.4) is 0 Å². The Kier molecular flexibility index (Phi) is 6.29. The predicted octanol–water partition coefficient (Wildman–Crippen LogP) is 3.35. The molecule has 0 unspecified atom stereocenters. The van der Waals surface area contributed by atoms with E-state index in [0.29, 0.717) is 25.2 Å². The number of carbonyl (C=O) groups excluding carboxylic acids is 1. The van der Waals surface area contributed by atoms with E-state index in [1.807, 2.05) is 17.0 Å². The number of unbranched alkanes of at least 4 members (excludes halogenated alkanes) is 2. The Morgan fingerprint density at radius 2 is 1.74 bits per heavy atom. The quantitative estimate of drug-likeness (QED) is 0.742. The Bertz CT molecular complexity index is 892. The highest BCUT2D eigenvalue weighted by atomic mass is 32.2. The first-order valence-corrected chi connectivity index (χ1v) is 11.0. The fraction of sp³-hybridized carbons (Fsp3) is 0.381. The molecule has 0 fully saturated rings. The number of hydrogen-bond donors (Lipinski definition) is 1. The van der Waals surface area contributed by atoms with Gasteiger partial charge in [-0.15, -0.1) is 0 Å². The van der Waals surface area contributed by atoms with Crippen molar-refractivity contribution in [3.63, 3.8) is 0 Å². The van der Waals surface area contributed by atoms with E-state index in [9.17, 15) is 13.2 Å². The number of carbonyl (C=O) groups is 1. The smallest absolute Gasteiger partial charge is 0.254 e. The van der Waals surface area contributed by atoms with E-state index in [-0.39, 0.29) is 10.8 Å². The minimum Gasteiger partial charge on any atom is -0.334 e. The van der Waals surface area contributed by atoms with Gasteiger partial charge >= 0.3 is 0 Å². The normalized spacial score (nSPS) is 14.0. The summed E-state index contributed by atoms with van der Waals surface area (Å²) in [5.41, 5.74) is 2.98. The monoisotopic (exact) mass is 386 g/mol. The van der Waals surface area contributed by atoms with E-state index in [1.54, 1.807) is 12.1 Å². The van der Waals surface area contributed by atoms with Crippen molar-refractivity contribution in [1.29, 1.82) is 0 Å². The van der Waals surface area contributed by atoms with Crippen molar-refractivity contribution in [2.75, 3.05) is 13.1 Å². The molecule has 144 valence electrons. The van der Waals surface area contributed by atoms with Crippen LogP contribution in [-0.2, 0) is 23.0 Å². The number of nitrogens with one attached hydrogen (secondary N) is 1. The van der Waals surface area contributed by atoms with Crippen molar-refractivity contribution in [1.82, 2.24) is 9.62 Å². The van der Waals surface area contributed by atoms with Gasteiger partial charge in [-0.3, -0.25) is 4.79 Å². The van der Waals surface area contributed by atoms with E-state index in [0.717, 1.165) is 25.7 Å². The molecule has 1 aliphatic heterocycles. The maximum atomic E-state index is 12.8. The maximum Gasteiger partial charge on any atom is 0.254 e. The van der Waals surface area contributed by atoms with Crippen LogP contribution in [-0.4, -0.2) is 32.3 Å². The molecule has 6 heteroatoms. The molecule has 27 heavy (non-hydrogen) atoms. The Balaban J connectivity index is 1.66. The third-order valence-electron chi connectivity index (χ3n) is 4.90. The molecule has 0 saturated heterocycles. The summed E-state index contributed by atoms with van der Waals surface area (Å²) >= 11 is 0. The van der Waals surface area contributed by atoms with Gasteiger partial charge in [-0.05, 0) is 48.2 Å². The van der Waals surface area contributed by atoms with Gasteiger partial charge in [0.1, 0.15) is 0 Å². The summed E-state index contributed by atoms with van der Waals surface area (Å²) in [6, 6.07) is 14.4. The molecule has 1 heterocycles. The van der Waals surface area contributed by atoms with Gasteiger partial charge in [0.15, 0.2) is 0 Å². The third kappa shape index (κ3) is 4.76. The van der Waals surface area contributed by atoms with Gasteiger partial charge in [0, 0.05) is 25.2 Å². The van der Waals surface area contributed by atoms with E-state index in [1.165, 1.54) is 23.3 Å². The van der Waals surface area contributed by atoms with Crippen LogP contribution in [0, 0.1) is 0 Å². The summed E-state index contributed by atoms with van der Waals surface area (Å²) in [4.78, 5) is 14.8. The zero-order chi connectivity index (χ0) is 19.3. The van der Waals surface area contributed by atoms with Crippen molar-refractivity contribution in [2.45, 2.75) is 44.0 Å². The molecule has 0 saturated carbocycles. The first-order valence-electron chi connectivity index (χ1n) is 9.47. The van der Waals surface area contributed by atoms with Crippen molar-refractivity contribution >= 4 is 15.9 Å². The highest BCUT2D eigenvalue weighted by Crippen LogP contribution is 2.21. The highest BCUT2D eigenvalue weighted by Gasteiger charge is 2.22. The second kappa shape index (κ2) is 8.67. The van der Waals surface area contributed by atoms with Crippen LogP contribution in [0.4, 0.5) is 0 Å². The first kappa shape index (κ1) is 19.6. The van der Waals surface area contributed by atoms with Gasteiger partial charge in [0.05, 0.1) is 4.90 Å². The summed E-state index contributed by atoms with van der Waals surface area (Å²) in [6.07, 6.45) is 3.70. The number of rotatable bonds is 7. The number of nitrogens with zero attached hydrogens (tertiary/aromatic N) is 1. The minimum atomic E-state index is -3.52. The molecular formula is C21H26N2O3S. The van der Waals surface area contributed by atoms with Crippen LogP contribution < -0.4 is 4.72 Å². The van der Waals surface area contributed by atoms with E-state index < -0.39 is 10.0 Å². The molecule has 2 aromatic carbocycles. The Labute approximate surface area is 161 Å². The fourth-order valence-electron chi connectivity index (χ4n) is 3.29. The van der Waals surface area contributed by atoms with Crippen LogP contribution in [0.1, 0.15) is 47.7 Å². The molecule has 0 aliphatic carbocycles. The lowest BCUT2D eigenvalue weighted by Crippen LogP contribution is -2.35. The Morgan fingerprint density at radius 1 is 1.04 bits per heavy atom. The molecule has 0 aromatic heterocycles. The highest BCUT2D eigenvalue weighted by molar-refractivity contribution is 7.89. The van der Waals surface area contributed by atoms with Crippen molar-refractivity contribution in [3.05, 3.63) is 65.2 Å². The number of benzene rings is 2. The molecule has 1 amide bonds. The van der Waals surface area contributed by atoms with Gasteiger partial charge in [-0.2, -0.15) is 0 Å². The number of hydrogen-bond acceptors (Lipinski definition) is 3. The molecule has 0 radical (unpaired) electrons. The van der Waals surface area contributed by atoms with Crippen molar-refractivity contribution in [2.24, 2.45) is 0 Å². The van der Waals surface area contributed by atoms with Crippen LogP contribution in [0.5, 0.6) is 0 Å². The topological polar surface area (TPSA) is 66.5 Å². The van der Waals surface area contributed by atoms with Gasteiger partial charge in [0.2, 0.25) is 10.0 Å². The van der Waals surface area contributed by atoms with E-state index >= 15 is 0 Å². The molecule has 1 N–H and O–H groups in total. The number of amides is 1. The minimum absolute atomic E-state index is 0.0654. The van der Waals surface area contributed by atoms with E-state index in [4.69, 9.17) is 0 Å². The summed E-state index contributed by atoms with van der Waals surface area (Å²) in [5, 5.41) is 0. The molecular weight excluding hydrogens is 360 g/mol. The SMILES string of the molecule is CCCCCNS(=O)(=O)c1ccc(C(=O)N2CCc3ccccc3C2)cc1. The van der Waals surface area contributed by atoms with Crippen LogP contribution >= 0.6 is 0 Å². The van der Waals surface area contributed by atoms with Crippen LogP contribution in [0.25, 0.3) is 0 Å². The zero-order valence-electron chi connectivity index (χ0n) is 15.6. The molecule has 3 rings (SSSR count). The fourth-order valence-corrected chi connectivity index (χ4v) is 4.37. The Morgan fingerprint density at radius 3 is 2.44 bits per heavy atom. The average molecular weight is 387 g/mol. The molecule has 0 atom stereocenters. The summed E-state index contributed by atoms with van der Waals surface area (Å²) < 4.78 is 27.2. The van der Waals surface area contributed by atoms with Gasteiger partial charge in [-0.1, -0.05) is 44.0 Å². The molecule has 0 bridgehead atoms. The lowest BCUT2D eigenvalue weighted by molar-refractivity contribution is 0.0734. The number of sulfonamides is 1. The molecule has 2 aromatic rings. The zero-order valence-corrected chi connectivity index (χ0v) is 16.5. The lowest BCUT2D eigenvalue weighted by Gasteiger charge is -2.29. The van der Waals surface area contributed by atoms with Gasteiger partial charge in [0.25, 0.3) is 5.91 Å². The standard InChI is InChI=1S/C21H26N2O3S/c1-2-3-6-14-22-27(25,26)20-11-9-18(10-12-20)21(24)23-15-13-17-7-4-5-8-19(17)16-23/h4-5,7-12,22H,2-3,6,13-16H2,1H3. The van der Waals surface area contributed by atoms with Crippen LogP contribution in [0.2, 0.25) is 0 Å². The second-order valence-electron chi connectivity index (χ2n) is 6.87. The van der Waals surface area contributed by atoms with Gasteiger partial charge in [-0.25, -0.2) is 13.1 Å². The third-order valence-corrected chi connectivity index (χ3v) is 6.38. The predicted molar refractivity (Wildman–Crippen MR) is 106 cm³/mol. The summed E-state index contributed by atoms with van der Waals surface area (Å²) in [6.45, 7) is 3.78. The molecule has 1 aliphatic rings. The summed E-state index contributed by atoms with van der Waals surface area (Å²) in [5.74, 6) is -0.0654. The Hall–Kier alpha value is -2.18. The summed E-state index contributed by atoms with van der Waals surface area (Å²) in [7, 11) is -3.52.